The SMILES string of the molecule is CCNC(CC(C)C(C)(C)C)c1cc(C)c(Cl)cc1C. The van der Waals surface area contributed by atoms with E-state index in [1.54, 1.807) is 0 Å². The summed E-state index contributed by atoms with van der Waals surface area (Å²) in [5, 5.41) is 4.51. The zero-order valence-corrected chi connectivity index (χ0v) is 14.9. The van der Waals surface area contributed by atoms with Crippen LogP contribution >= 0.6 is 11.6 Å². The van der Waals surface area contributed by atoms with Crippen molar-refractivity contribution >= 4 is 11.6 Å². The lowest BCUT2D eigenvalue weighted by atomic mass is 9.77. The Labute approximate surface area is 130 Å². The van der Waals surface area contributed by atoms with Gasteiger partial charge in [-0.15, -0.1) is 0 Å². The Bertz CT molecular complexity index is 445. The van der Waals surface area contributed by atoms with Gasteiger partial charge in [0.25, 0.3) is 0 Å². The highest BCUT2D eigenvalue weighted by atomic mass is 35.5. The first-order chi connectivity index (χ1) is 9.16. The fourth-order valence-electron chi connectivity index (χ4n) is 2.45. The van der Waals surface area contributed by atoms with Crippen LogP contribution in [-0.2, 0) is 0 Å². The second-order valence-corrected chi connectivity index (χ2v) is 7.48. The standard InChI is InChI=1S/C18H30ClN/c1-8-20-17(11-14(4)18(5,6)7)15-9-13(3)16(19)10-12(15)2/h9-10,14,17,20H,8,11H2,1-7H3. The predicted octanol–water partition coefficient (Wildman–Crippen LogP) is 5.68. The number of nitrogens with one attached hydrogen (secondary N) is 1. The molecule has 0 aromatic heterocycles. The molecule has 0 fully saturated rings. The number of hydrogen-bond donors (Lipinski definition) is 1. The van der Waals surface area contributed by atoms with Crippen molar-refractivity contribution in [3.8, 4) is 0 Å². The average Bonchev–Trinajstić information content (AvgIpc) is 2.32. The van der Waals surface area contributed by atoms with Crippen LogP contribution in [0.1, 0.15) is 63.8 Å². The van der Waals surface area contributed by atoms with Gasteiger partial charge in [-0.05, 0) is 60.9 Å². The van der Waals surface area contributed by atoms with Crippen LogP contribution in [0.15, 0.2) is 12.1 Å². The largest absolute Gasteiger partial charge is 0.310 e. The van der Waals surface area contributed by atoms with Crippen molar-refractivity contribution in [3.63, 3.8) is 0 Å². The molecule has 1 rings (SSSR count). The molecular weight excluding hydrogens is 266 g/mol. The summed E-state index contributed by atoms with van der Waals surface area (Å²) >= 11 is 6.23. The van der Waals surface area contributed by atoms with Crippen LogP contribution < -0.4 is 5.32 Å². The predicted molar refractivity (Wildman–Crippen MR) is 90.6 cm³/mol. The number of hydrogen-bond acceptors (Lipinski definition) is 1. The van der Waals surface area contributed by atoms with Crippen molar-refractivity contribution in [1.29, 1.82) is 0 Å². The summed E-state index contributed by atoms with van der Waals surface area (Å²) in [5.41, 5.74) is 4.18. The van der Waals surface area contributed by atoms with Gasteiger partial charge in [-0.1, -0.05) is 52.3 Å². The molecule has 20 heavy (non-hydrogen) atoms. The van der Waals surface area contributed by atoms with Gasteiger partial charge < -0.3 is 5.32 Å². The van der Waals surface area contributed by atoms with E-state index in [4.69, 9.17) is 11.6 Å². The number of rotatable bonds is 5. The molecule has 2 heteroatoms. The molecule has 0 aliphatic rings. The quantitative estimate of drug-likeness (QED) is 0.737. The molecule has 0 heterocycles. The van der Waals surface area contributed by atoms with Crippen molar-refractivity contribution in [2.75, 3.05) is 6.54 Å². The van der Waals surface area contributed by atoms with Crippen LogP contribution in [0.3, 0.4) is 0 Å². The fourth-order valence-corrected chi connectivity index (χ4v) is 2.67. The van der Waals surface area contributed by atoms with Gasteiger partial charge in [0.1, 0.15) is 0 Å². The lowest BCUT2D eigenvalue weighted by Gasteiger charge is -2.32. The molecule has 0 bridgehead atoms. The molecule has 0 spiro atoms. The highest BCUT2D eigenvalue weighted by Gasteiger charge is 2.25. The zero-order chi connectivity index (χ0) is 15.5. The van der Waals surface area contributed by atoms with E-state index in [0.29, 0.717) is 17.4 Å². The van der Waals surface area contributed by atoms with Gasteiger partial charge in [-0.2, -0.15) is 0 Å². The molecule has 1 aromatic carbocycles. The minimum Gasteiger partial charge on any atom is -0.310 e. The summed E-state index contributed by atoms with van der Waals surface area (Å²) in [6, 6.07) is 4.75. The molecule has 2 unspecified atom stereocenters. The highest BCUT2D eigenvalue weighted by molar-refractivity contribution is 6.31. The summed E-state index contributed by atoms with van der Waals surface area (Å²) in [6.07, 6.45) is 1.15. The molecule has 114 valence electrons. The molecule has 1 aromatic rings. The maximum Gasteiger partial charge on any atom is 0.0438 e. The van der Waals surface area contributed by atoms with Gasteiger partial charge >= 0.3 is 0 Å². The van der Waals surface area contributed by atoms with E-state index in [1.165, 1.54) is 16.7 Å². The Morgan fingerprint density at radius 3 is 2.25 bits per heavy atom. The van der Waals surface area contributed by atoms with Crippen molar-refractivity contribution < 1.29 is 0 Å². The first-order valence-corrected chi connectivity index (χ1v) is 8.04. The molecule has 0 amide bonds. The van der Waals surface area contributed by atoms with Crippen LogP contribution in [0, 0.1) is 25.2 Å². The molecule has 0 aliphatic heterocycles. The van der Waals surface area contributed by atoms with Crippen LogP contribution in [0.2, 0.25) is 5.02 Å². The molecule has 1 N–H and O–H groups in total. The van der Waals surface area contributed by atoms with E-state index in [0.717, 1.165) is 18.0 Å². The normalized spacial score (nSPS) is 15.2. The monoisotopic (exact) mass is 295 g/mol. The fraction of sp³-hybridized carbons (Fsp3) is 0.667. The topological polar surface area (TPSA) is 12.0 Å². The third-order valence-corrected chi connectivity index (χ3v) is 4.85. The number of halogens is 1. The lowest BCUT2D eigenvalue weighted by Crippen LogP contribution is -2.28. The molecule has 0 saturated heterocycles. The van der Waals surface area contributed by atoms with Crippen molar-refractivity contribution in [3.05, 3.63) is 33.8 Å². The van der Waals surface area contributed by atoms with E-state index in [9.17, 15) is 0 Å². The minimum atomic E-state index is 0.336. The van der Waals surface area contributed by atoms with Gasteiger partial charge in [-0.25, -0.2) is 0 Å². The summed E-state index contributed by atoms with van der Waals surface area (Å²) < 4.78 is 0. The second-order valence-electron chi connectivity index (χ2n) is 7.07. The zero-order valence-electron chi connectivity index (χ0n) is 14.1. The maximum atomic E-state index is 6.23. The van der Waals surface area contributed by atoms with E-state index < -0.39 is 0 Å². The second kappa shape index (κ2) is 6.95. The van der Waals surface area contributed by atoms with Gasteiger partial charge in [0, 0.05) is 11.1 Å². The third kappa shape index (κ3) is 4.49. The Morgan fingerprint density at radius 1 is 1.15 bits per heavy atom. The summed E-state index contributed by atoms with van der Waals surface area (Å²) in [4.78, 5) is 0. The Balaban J connectivity index is 3.05. The van der Waals surface area contributed by atoms with Crippen molar-refractivity contribution in [2.45, 2.75) is 60.9 Å². The molecule has 0 radical (unpaired) electrons. The summed E-state index contributed by atoms with van der Waals surface area (Å²) in [6.45, 7) is 16.7. The Kier molecular flexibility index (Phi) is 6.09. The van der Waals surface area contributed by atoms with E-state index in [-0.39, 0.29) is 0 Å². The van der Waals surface area contributed by atoms with Crippen molar-refractivity contribution in [2.24, 2.45) is 11.3 Å². The first-order valence-electron chi connectivity index (χ1n) is 7.66. The first kappa shape index (κ1) is 17.5. The van der Waals surface area contributed by atoms with Crippen LogP contribution in [0.4, 0.5) is 0 Å². The highest BCUT2D eigenvalue weighted by Crippen LogP contribution is 2.35. The van der Waals surface area contributed by atoms with Crippen LogP contribution in [0.5, 0.6) is 0 Å². The van der Waals surface area contributed by atoms with Crippen LogP contribution in [-0.4, -0.2) is 6.54 Å². The maximum absolute atomic E-state index is 6.23. The summed E-state index contributed by atoms with van der Waals surface area (Å²) in [7, 11) is 0. The minimum absolute atomic E-state index is 0.336. The lowest BCUT2D eigenvalue weighted by molar-refractivity contribution is 0.223. The van der Waals surface area contributed by atoms with E-state index in [2.05, 4.69) is 65.9 Å². The Morgan fingerprint density at radius 2 is 1.75 bits per heavy atom. The number of aryl methyl sites for hydroxylation is 2. The van der Waals surface area contributed by atoms with Crippen molar-refractivity contribution in [1.82, 2.24) is 5.32 Å². The molecule has 0 aliphatic carbocycles. The summed E-state index contributed by atoms with van der Waals surface area (Å²) in [5.74, 6) is 0.655. The van der Waals surface area contributed by atoms with Gasteiger partial charge in [0.2, 0.25) is 0 Å². The average molecular weight is 296 g/mol. The van der Waals surface area contributed by atoms with E-state index >= 15 is 0 Å². The van der Waals surface area contributed by atoms with Gasteiger partial charge in [0.15, 0.2) is 0 Å². The van der Waals surface area contributed by atoms with Gasteiger partial charge in [0.05, 0.1) is 0 Å². The molecule has 1 nitrogen and oxygen atoms in total. The Hall–Kier alpha value is -0.530. The van der Waals surface area contributed by atoms with Crippen LogP contribution in [0.25, 0.3) is 0 Å². The van der Waals surface area contributed by atoms with Gasteiger partial charge in [-0.3, -0.25) is 0 Å². The smallest absolute Gasteiger partial charge is 0.0438 e. The molecule has 2 atom stereocenters. The van der Waals surface area contributed by atoms with E-state index in [1.807, 2.05) is 0 Å². The number of benzene rings is 1. The molecule has 0 saturated carbocycles. The third-order valence-electron chi connectivity index (χ3n) is 4.44. The molecular formula is C18H30ClN.